The summed E-state index contributed by atoms with van der Waals surface area (Å²) >= 11 is 0. The van der Waals surface area contributed by atoms with Gasteiger partial charge in [-0.2, -0.15) is 0 Å². The number of carboxylic acid groups (broad SMARTS) is 1. The van der Waals surface area contributed by atoms with Crippen molar-refractivity contribution in [1.29, 1.82) is 0 Å². The third-order valence-corrected chi connectivity index (χ3v) is 2.66. The van der Waals surface area contributed by atoms with Gasteiger partial charge in [0.15, 0.2) is 0 Å². The number of hydrogen-bond donors (Lipinski definition) is 2. The van der Waals surface area contributed by atoms with E-state index in [9.17, 15) is 14.7 Å². The zero-order chi connectivity index (χ0) is 33.6. The number of carboxylic acids is 1. The van der Waals surface area contributed by atoms with Crippen molar-refractivity contribution >= 4 is 11.9 Å². The number of benzene rings is 1. The molecule has 4 heteroatoms. The molecule has 2 rings (SSSR count). The molecule has 1 unspecified atom stereocenters. The lowest BCUT2D eigenvalue weighted by Crippen LogP contribution is -2.45. The van der Waals surface area contributed by atoms with Crippen molar-refractivity contribution in [1.82, 2.24) is 5.32 Å². The van der Waals surface area contributed by atoms with Crippen molar-refractivity contribution in [3.8, 4) is 0 Å². The van der Waals surface area contributed by atoms with Crippen molar-refractivity contribution in [3.05, 3.63) is 35.9 Å². The number of rotatable bonds is 6. The Labute approximate surface area is 165 Å². The van der Waals surface area contributed by atoms with Gasteiger partial charge in [0.05, 0.1) is 1.37 Å². The van der Waals surface area contributed by atoms with Gasteiger partial charge >= 0.3 is 5.97 Å². The predicted molar refractivity (Wildman–Crippen MR) is 90.0 cm³/mol. The summed E-state index contributed by atoms with van der Waals surface area (Å²) in [6.45, 7) is -7.90. The minimum Gasteiger partial charge on any atom is -0.480 e. The summed E-state index contributed by atoms with van der Waals surface area (Å²) in [6, 6.07) is 1.96. The summed E-state index contributed by atoms with van der Waals surface area (Å²) in [6.07, 6.45) is -21.5. The molecule has 0 bridgehead atoms. The van der Waals surface area contributed by atoms with Crippen molar-refractivity contribution in [2.24, 2.45) is 17.7 Å². The average Bonchev–Trinajstić information content (AvgIpc) is 2.80. The predicted octanol–water partition coefficient (Wildman–Crippen LogP) is 3.26. The molecule has 1 fully saturated rings. The molecular formula is C19H27NO3. The first-order chi connectivity index (χ1) is 18.3. The van der Waals surface area contributed by atoms with Crippen LogP contribution < -0.4 is 5.32 Å². The van der Waals surface area contributed by atoms with E-state index in [1.165, 1.54) is 23.5 Å². The van der Waals surface area contributed by atoms with Gasteiger partial charge in [0.1, 0.15) is 6.02 Å². The SMILES string of the molecule is [2H]C([2H])([2H])C(C([2H])([2H])[2H])C1([2H])C([2H])([2H])C([2H])([2H])C([2H])(C(=O)NC([2H])(C(=O)O)C([2H])([2H])c2ccccc2)C([2H])([2H])C1([2H])[2H]. The zero-order valence-electron chi connectivity index (χ0n) is 30.7. The third-order valence-electron chi connectivity index (χ3n) is 2.66. The van der Waals surface area contributed by atoms with Gasteiger partial charge in [0, 0.05) is 36.9 Å². The lowest BCUT2D eigenvalue weighted by molar-refractivity contribution is -0.142. The molecule has 126 valence electrons. The fourth-order valence-corrected chi connectivity index (χ4v) is 1.56. The van der Waals surface area contributed by atoms with E-state index >= 15 is 0 Å². The normalized spacial score (nSPS) is 53.0. The lowest BCUT2D eigenvalue weighted by Gasteiger charge is -2.30. The Balaban J connectivity index is 2.93. The molecule has 1 amide bonds. The Morgan fingerprint density at radius 1 is 1.39 bits per heavy atom. The third kappa shape index (κ3) is 5.08. The summed E-state index contributed by atoms with van der Waals surface area (Å²) in [7, 11) is 0. The second-order valence-electron chi connectivity index (χ2n) is 4.35. The Bertz CT molecular complexity index is 1180. The Morgan fingerprint density at radius 3 is 2.61 bits per heavy atom. The molecular weight excluding hydrogens is 290 g/mol. The fraction of sp³-hybridized carbons (Fsp3) is 0.579. The van der Waals surface area contributed by atoms with Crippen molar-refractivity contribution < 1.29 is 40.7 Å². The summed E-state index contributed by atoms with van der Waals surface area (Å²) in [5.41, 5.74) is -0.537. The minimum atomic E-state index is -4.53. The van der Waals surface area contributed by atoms with Crippen LogP contribution >= 0.6 is 0 Å². The molecule has 1 saturated carbocycles. The van der Waals surface area contributed by atoms with Crippen LogP contribution in [-0.4, -0.2) is 23.0 Å². The maximum Gasteiger partial charge on any atom is 0.326 e. The fourth-order valence-electron chi connectivity index (χ4n) is 1.56. The molecule has 1 aliphatic carbocycles. The quantitative estimate of drug-likeness (QED) is 0.838. The van der Waals surface area contributed by atoms with Gasteiger partial charge in [-0.15, -0.1) is 0 Å². The topological polar surface area (TPSA) is 66.4 Å². The largest absolute Gasteiger partial charge is 0.480 e. The highest BCUT2D eigenvalue weighted by Crippen LogP contribution is 2.33. The summed E-state index contributed by atoms with van der Waals surface area (Å²) in [5.74, 6) is -17.4. The molecule has 1 aromatic carbocycles. The van der Waals surface area contributed by atoms with Crippen LogP contribution in [0.15, 0.2) is 30.3 Å². The number of amides is 1. The second-order valence-corrected chi connectivity index (χ2v) is 4.35. The van der Waals surface area contributed by atoms with E-state index < -0.39 is 86.7 Å². The summed E-state index contributed by atoms with van der Waals surface area (Å²) < 4.78 is 155. The smallest absolute Gasteiger partial charge is 0.326 e. The highest BCUT2D eigenvalue weighted by atomic mass is 16.4. The van der Waals surface area contributed by atoms with E-state index in [4.69, 9.17) is 26.0 Å². The van der Waals surface area contributed by atoms with Crippen LogP contribution in [0.2, 0.25) is 0 Å². The van der Waals surface area contributed by atoms with Gasteiger partial charge in [-0.25, -0.2) is 4.79 Å². The first-order valence-corrected chi connectivity index (χ1v) is 6.41. The highest BCUT2D eigenvalue weighted by Gasteiger charge is 2.30. The zero-order valence-corrected chi connectivity index (χ0v) is 11.7. The number of hydrogen-bond acceptors (Lipinski definition) is 2. The molecule has 2 N–H and O–H groups in total. The first-order valence-electron chi connectivity index (χ1n) is 15.9. The molecule has 0 saturated heterocycles. The van der Waals surface area contributed by atoms with Gasteiger partial charge in [-0.1, -0.05) is 44.0 Å². The summed E-state index contributed by atoms with van der Waals surface area (Å²) in [5, 5.41) is 11.0. The maximum atomic E-state index is 13.6. The van der Waals surface area contributed by atoms with Crippen LogP contribution in [0.1, 0.15) is 70.8 Å². The molecule has 1 atom stereocenters. The van der Waals surface area contributed by atoms with Crippen molar-refractivity contribution in [2.45, 2.75) is 51.6 Å². The molecule has 1 aliphatic rings. The van der Waals surface area contributed by atoms with Crippen molar-refractivity contribution in [2.75, 3.05) is 0 Å². The Morgan fingerprint density at radius 2 is 2.04 bits per heavy atom. The molecule has 0 radical (unpaired) electrons. The maximum absolute atomic E-state index is 13.6. The van der Waals surface area contributed by atoms with Gasteiger partial charge in [-0.05, 0) is 42.9 Å². The number of carbonyl (C=O) groups is 2. The van der Waals surface area contributed by atoms with Crippen LogP contribution in [0.5, 0.6) is 0 Å². The van der Waals surface area contributed by atoms with Gasteiger partial charge in [0.25, 0.3) is 0 Å². The molecule has 0 heterocycles. The van der Waals surface area contributed by atoms with Crippen LogP contribution in [-0.2, 0) is 16.0 Å². The van der Waals surface area contributed by atoms with Crippen LogP contribution in [0.4, 0.5) is 0 Å². The standard InChI is InChI=1S/C19H27NO3/c1-13(2)15-8-10-16(11-9-15)18(21)20-17(19(22)23)12-14-6-4-3-5-7-14/h3-7,13,15-17H,8-12H2,1-2H3,(H,20,21)(H,22,23)/i1D3,2D3,8D2,9D2,10D2,11D2,12D2,15D,16D,17D. The van der Waals surface area contributed by atoms with Gasteiger partial charge in [0.2, 0.25) is 5.91 Å². The van der Waals surface area contributed by atoms with Gasteiger partial charge < -0.3 is 10.4 Å². The van der Waals surface area contributed by atoms with E-state index in [0.29, 0.717) is 0 Å². The molecule has 4 nitrogen and oxygen atoms in total. The van der Waals surface area contributed by atoms with E-state index in [0.717, 1.165) is 12.1 Å². The molecule has 23 heavy (non-hydrogen) atoms. The Hall–Kier alpha value is -1.84. The average molecular weight is 337 g/mol. The molecule has 0 aliphatic heterocycles. The highest BCUT2D eigenvalue weighted by molar-refractivity contribution is 5.85. The first kappa shape index (κ1) is 5.08. The number of carbonyl (C=O) groups excluding carboxylic acids is 1. The van der Waals surface area contributed by atoms with E-state index in [1.807, 2.05) is 0 Å². The van der Waals surface area contributed by atoms with E-state index in [1.54, 1.807) is 0 Å². The van der Waals surface area contributed by atoms with Crippen LogP contribution in [0.3, 0.4) is 0 Å². The molecule has 1 aromatic rings. The van der Waals surface area contributed by atoms with Crippen molar-refractivity contribution in [3.63, 3.8) is 0 Å². The molecule has 0 spiro atoms. The van der Waals surface area contributed by atoms with Crippen LogP contribution in [0, 0.1) is 17.7 Å². The van der Waals surface area contributed by atoms with Crippen LogP contribution in [0.25, 0.3) is 0 Å². The summed E-state index contributed by atoms with van der Waals surface area (Å²) in [4.78, 5) is 25.7. The Kier molecular flexibility index (Phi) is 1.80. The lowest BCUT2D eigenvalue weighted by atomic mass is 9.76. The monoisotopic (exact) mass is 336 g/mol. The molecule has 0 aromatic heterocycles. The second kappa shape index (κ2) is 8.14. The number of nitrogens with one attached hydrogen (secondary N) is 1. The number of aliphatic carboxylic acids is 1. The van der Waals surface area contributed by atoms with E-state index in [2.05, 4.69) is 0 Å². The van der Waals surface area contributed by atoms with Gasteiger partial charge in [-0.3, -0.25) is 4.79 Å². The van der Waals surface area contributed by atoms with E-state index in [-0.39, 0.29) is 0 Å². The minimum absolute atomic E-state index is 0.537.